The first kappa shape index (κ1) is 13.9. The van der Waals surface area contributed by atoms with Gasteiger partial charge in [0.2, 0.25) is 5.96 Å². The third kappa shape index (κ3) is 3.27. The largest absolute Gasteiger partial charge is 0.497 e. The summed E-state index contributed by atoms with van der Waals surface area (Å²) in [5.74, 6) is 6.90. The van der Waals surface area contributed by atoms with E-state index in [9.17, 15) is 0 Å². The minimum Gasteiger partial charge on any atom is -0.497 e. The summed E-state index contributed by atoms with van der Waals surface area (Å²) >= 11 is 0. The summed E-state index contributed by atoms with van der Waals surface area (Å²) in [7, 11) is 3.52. The second-order valence-corrected chi connectivity index (χ2v) is 4.18. The van der Waals surface area contributed by atoms with Crippen LogP contribution < -0.4 is 20.9 Å². The molecule has 0 saturated carbocycles. The molecule has 0 bridgehead atoms. The van der Waals surface area contributed by atoms with E-state index in [0.717, 1.165) is 17.1 Å². The van der Waals surface area contributed by atoms with Crippen molar-refractivity contribution in [2.75, 3.05) is 19.1 Å². The van der Waals surface area contributed by atoms with Crippen LogP contribution in [0.1, 0.15) is 0 Å². The van der Waals surface area contributed by atoms with Crippen LogP contribution in [-0.4, -0.2) is 20.1 Å². The molecule has 0 saturated heterocycles. The monoisotopic (exact) mass is 270 g/mol. The highest BCUT2D eigenvalue weighted by Gasteiger charge is 2.08. The summed E-state index contributed by atoms with van der Waals surface area (Å²) in [6.45, 7) is 0. The van der Waals surface area contributed by atoms with Gasteiger partial charge in [-0.05, 0) is 24.3 Å². The lowest BCUT2D eigenvalue weighted by molar-refractivity contribution is 0.415. The highest BCUT2D eigenvalue weighted by Crippen LogP contribution is 2.20. The zero-order chi connectivity index (χ0) is 14.4. The topological polar surface area (TPSA) is 62.9 Å². The molecule has 0 aliphatic heterocycles. The van der Waals surface area contributed by atoms with E-state index in [4.69, 9.17) is 10.6 Å². The summed E-state index contributed by atoms with van der Waals surface area (Å²) in [5, 5.41) is 0. The number of nitrogens with one attached hydrogen (secondary N) is 1. The number of ether oxygens (including phenoxy) is 1. The molecule has 0 spiro atoms. The number of rotatable bonds is 3. The number of hydrazine groups is 1. The summed E-state index contributed by atoms with van der Waals surface area (Å²) in [6, 6.07) is 17.3. The van der Waals surface area contributed by atoms with Gasteiger partial charge in [-0.25, -0.2) is 10.8 Å². The Hall–Kier alpha value is -2.53. The maximum Gasteiger partial charge on any atom is 0.217 e. The number of hydrogen-bond donors (Lipinski definition) is 2. The van der Waals surface area contributed by atoms with Crippen molar-refractivity contribution in [1.82, 2.24) is 5.43 Å². The summed E-state index contributed by atoms with van der Waals surface area (Å²) in [5.41, 5.74) is 4.38. The minimum atomic E-state index is 0.546. The van der Waals surface area contributed by atoms with Crippen molar-refractivity contribution in [2.24, 2.45) is 10.8 Å². The predicted molar refractivity (Wildman–Crippen MR) is 82.3 cm³/mol. The van der Waals surface area contributed by atoms with Crippen LogP contribution in [0, 0.1) is 0 Å². The average molecular weight is 270 g/mol. The molecular formula is C15H18N4O. The van der Waals surface area contributed by atoms with Crippen LogP contribution in [0.25, 0.3) is 0 Å². The van der Waals surface area contributed by atoms with Crippen molar-refractivity contribution in [3.63, 3.8) is 0 Å². The van der Waals surface area contributed by atoms with Gasteiger partial charge >= 0.3 is 0 Å². The predicted octanol–water partition coefficient (Wildman–Crippen LogP) is 2.28. The lowest BCUT2D eigenvalue weighted by Gasteiger charge is -2.21. The normalized spacial score (nSPS) is 11.1. The third-order valence-electron chi connectivity index (χ3n) is 2.88. The highest BCUT2D eigenvalue weighted by atomic mass is 16.5. The van der Waals surface area contributed by atoms with Gasteiger partial charge < -0.3 is 9.64 Å². The maximum absolute atomic E-state index is 5.58. The lowest BCUT2D eigenvalue weighted by Crippen LogP contribution is -2.42. The van der Waals surface area contributed by atoms with Crippen LogP contribution in [0.15, 0.2) is 59.6 Å². The standard InChI is InChI=1S/C15H18N4O/c1-19(13-9-6-10-14(11-13)20-2)15(18-16)17-12-7-4-3-5-8-12/h3-11H,16H2,1-2H3,(H,17,18). The summed E-state index contributed by atoms with van der Waals surface area (Å²) in [4.78, 5) is 6.33. The molecule has 0 radical (unpaired) electrons. The quantitative estimate of drug-likeness (QED) is 0.389. The van der Waals surface area contributed by atoms with Crippen LogP contribution in [-0.2, 0) is 0 Å². The van der Waals surface area contributed by atoms with Gasteiger partial charge in [-0.3, -0.25) is 5.43 Å². The first-order chi connectivity index (χ1) is 9.74. The minimum absolute atomic E-state index is 0.546. The Bertz CT molecular complexity index is 583. The van der Waals surface area contributed by atoms with Crippen LogP contribution in [0.4, 0.5) is 11.4 Å². The molecule has 0 atom stereocenters. The van der Waals surface area contributed by atoms with Crippen molar-refractivity contribution < 1.29 is 4.74 Å². The van der Waals surface area contributed by atoms with E-state index in [1.54, 1.807) is 7.11 Å². The fraction of sp³-hybridized carbons (Fsp3) is 0.133. The van der Waals surface area contributed by atoms with Gasteiger partial charge in [-0.15, -0.1) is 0 Å². The second kappa shape index (κ2) is 6.58. The zero-order valence-electron chi connectivity index (χ0n) is 11.6. The van der Waals surface area contributed by atoms with Gasteiger partial charge in [0, 0.05) is 18.8 Å². The Kier molecular flexibility index (Phi) is 4.57. The fourth-order valence-corrected chi connectivity index (χ4v) is 1.77. The Balaban J connectivity index is 2.29. The molecule has 20 heavy (non-hydrogen) atoms. The molecular weight excluding hydrogens is 252 g/mol. The van der Waals surface area contributed by atoms with E-state index in [1.807, 2.05) is 66.5 Å². The molecule has 2 aromatic rings. The van der Waals surface area contributed by atoms with Gasteiger partial charge in [-0.2, -0.15) is 0 Å². The van der Waals surface area contributed by atoms with Crippen molar-refractivity contribution in [3.8, 4) is 5.75 Å². The first-order valence-corrected chi connectivity index (χ1v) is 6.22. The number of benzene rings is 2. The molecule has 2 aromatic carbocycles. The van der Waals surface area contributed by atoms with Crippen molar-refractivity contribution in [3.05, 3.63) is 54.6 Å². The number of methoxy groups -OCH3 is 1. The third-order valence-corrected chi connectivity index (χ3v) is 2.88. The fourth-order valence-electron chi connectivity index (χ4n) is 1.77. The van der Waals surface area contributed by atoms with Crippen LogP contribution in [0.2, 0.25) is 0 Å². The number of nitrogens with two attached hydrogens (primary N) is 1. The number of guanidine groups is 1. The molecule has 0 unspecified atom stereocenters. The Morgan fingerprint density at radius 1 is 1.15 bits per heavy atom. The average Bonchev–Trinajstić information content (AvgIpc) is 2.53. The molecule has 5 heteroatoms. The molecule has 0 aliphatic rings. The van der Waals surface area contributed by atoms with E-state index in [1.165, 1.54) is 0 Å². The van der Waals surface area contributed by atoms with E-state index >= 15 is 0 Å². The molecule has 3 N–H and O–H groups in total. The van der Waals surface area contributed by atoms with E-state index in [2.05, 4.69) is 10.4 Å². The molecule has 5 nitrogen and oxygen atoms in total. The Labute approximate surface area is 118 Å². The second-order valence-electron chi connectivity index (χ2n) is 4.18. The first-order valence-electron chi connectivity index (χ1n) is 6.22. The van der Waals surface area contributed by atoms with Gasteiger partial charge in [0.1, 0.15) is 5.75 Å². The van der Waals surface area contributed by atoms with Gasteiger partial charge in [0.05, 0.1) is 12.8 Å². The Morgan fingerprint density at radius 2 is 1.90 bits per heavy atom. The highest BCUT2D eigenvalue weighted by molar-refractivity contribution is 5.96. The smallest absolute Gasteiger partial charge is 0.217 e. The molecule has 0 fully saturated rings. The summed E-state index contributed by atoms with van der Waals surface area (Å²) < 4.78 is 5.22. The zero-order valence-corrected chi connectivity index (χ0v) is 11.6. The Morgan fingerprint density at radius 3 is 2.55 bits per heavy atom. The maximum atomic E-state index is 5.58. The van der Waals surface area contributed by atoms with E-state index in [0.29, 0.717) is 5.96 Å². The number of anilines is 1. The molecule has 2 rings (SSSR count). The molecule has 0 aromatic heterocycles. The van der Waals surface area contributed by atoms with Crippen molar-refractivity contribution in [1.29, 1.82) is 0 Å². The van der Waals surface area contributed by atoms with E-state index < -0.39 is 0 Å². The van der Waals surface area contributed by atoms with E-state index in [-0.39, 0.29) is 0 Å². The van der Waals surface area contributed by atoms with Gasteiger partial charge in [0.15, 0.2) is 0 Å². The number of hydrogen-bond acceptors (Lipinski definition) is 3. The molecule has 0 heterocycles. The van der Waals surface area contributed by atoms with Crippen molar-refractivity contribution in [2.45, 2.75) is 0 Å². The molecule has 104 valence electrons. The van der Waals surface area contributed by atoms with Gasteiger partial charge in [0.25, 0.3) is 0 Å². The van der Waals surface area contributed by atoms with Crippen LogP contribution >= 0.6 is 0 Å². The van der Waals surface area contributed by atoms with Crippen molar-refractivity contribution >= 4 is 17.3 Å². The SMILES string of the molecule is COc1cccc(N(C)C(=Nc2ccccc2)NN)c1. The molecule has 0 amide bonds. The lowest BCUT2D eigenvalue weighted by atomic mass is 10.3. The number of aliphatic imine (C=N–C) groups is 1. The van der Waals surface area contributed by atoms with Gasteiger partial charge in [-0.1, -0.05) is 24.3 Å². The number of para-hydroxylation sites is 1. The number of nitrogens with zero attached hydrogens (tertiary/aromatic N) is 2. The van der Waals surface area contributed by atoms with Crippen LogP contribution in [0.3, 0.4) is 0 Å². The van der Waals surface area contributed by atoms with Crippen LogP contribution in [0.5, 0.6) is 5.75 Å². The molecule has 0 aliphatic carbocycles. The summed E-state index contributed by atoms with van der Waals surface area (Å²) in [6.07, 6.45) is 0.